The highest BCUT2D eigenvalue weighted by Crippen LogP contribution is 2.29. The number of nitrogens with zero attached hydrogens (tertiary/aromatic N) is 3. The summed E-state index contributed by atoms with van der Waals surface area (Å²) in [6.45, 7) is 6.71. The lowest BCUT2D eigenvalue weighted by Crippen LogP contribution is -2.35. The molecule has 0 saturated heterocycles. The van der Waals surface area contributed by atoms with Gasteiger partial charge < -0.3 is 24.0 Å². The maximum Gasteiger partial charge on any atom is 0.140 e. The van der Waals surface area contributed by atoms with Crippen LogP contribution in [0, 0.1) is 13.8 Å². The fourth-order valence-corrected chi connectivity index (χ4v) is 5.11. The molecule has 38 heavy (non-hydrogen) atoms. The van der Waals surface area contributed by atoms with E-state index in [-0.39, 0.29) is 6.61 Å². The van der Waals surface area contributed by atoms with Crippen molar-refractivity contribution in [2.24, 2.45) is 0 Å². The van der Waals surface area contributed by atoms with Crippen molar-refractivity contribution in [1.82, 2.24) is 14.6 Å². The molecule has 5 rings (SSSR count). The molecule has 7 nitrogen and oxygen atoms in total. The molecule has 0 radical (unpaired) electrons. The predicted octanol–water partition coefficient (Wildman–Crippen LogP) is 5.22. The first-order valence-electron chi connectivity index (χ1n) is 13.1. The second kappa shape index (κ2) is 11.8. The van der Waals surface area contributed by atoms with Gasteiger partial charge in [-0.05, 0) is 50.1 Å². The summed E-state index contributed by atoms with van der Waals surface area (Å²) in [5.41, 5.74) is 5.19. The Labute approximate surface area is 222 Å². The number of benzene rings is 3. The summed E-state index contributed by atoms with van der Waals surface area (Å²) in [6, 6.07) is 24.7. The van der Waals surface area contributed by atoms with Gasteiger partial charge in [0.1, 0.15) is 18.1 Å². The first kappa shape index (κ1) is 26.0. The lowest BCUT2D eigenvalue weighted by atomic mass is 10.1. The Bertz CT molecular complexity index is 1420. The van der Waals surface area contributed by atoms with Gasteiger partial charge >= 0.3 is 0 Å². The van der Waals surface area contributed by atoms with Crippen molar-refractivity contribution in [3.8, 4) is 5.75 Å². The Morgan fingerprint density at radius 3 is 2.21 bits per heavy atom. The summed E-state index contributed by atoms with van der Waals surface area (Å²) in [4.78, 5) is 2.20. The number of aryl methyl sites for hydroxylation is 2. The molecule has 2 heterocycles. The highest BCUT2D eigenvalue weighted by molar-refractivity contribution is 6.07. The van der Waals surface area contributed by atoms with E-state index in [9.17, 15) is 10.2 Å². The van der Waals surface area contributed by atoms with Crippen LogP contribution in [-0.2, 0) is 19.7 Å². The minimum atomic E-state index is -0.564. The van der Waals surface area contributed by atoms with E-state index in [0.29, 0.717) is 39.2 Å². The van der Waals surface area contributed by atoms with E-state index in [2.05, 4.69) is 51.0 Å². The minimum absolute atomic E-state index is 0.119. The fourth-order valence-electron chi connectivity index (χ4n) is 5.11. The van der Waals surface area contributed by atoms with E-state index in [4.69, 9.17) is 9.26 Å². The van der Waals surface area contributed by atoms with Crippen LogP contribution < -0.4 is 4.74 Å². The lowest BCUT2D eigenvalue weighted by molar-refractivity contribution is 0.0921. The van der Waals surface area contributed by atoms with Gasteiger partial charge in [0.15, 0.2) is 0 Å². The number of aliphatic hydroxyl groups is 2. The Balaban J connectivity index is 1.25. The number of aliphatic hydroxyl groups excluding tert-OH is 2. The molecule has 198 valence electrons. The summed E-state index contributed by atoms with van der Waals surface area (Å²) in [6.07, 6.45) is 0.0892. The molecule has 1 atom stereocenters. The van der Waals surface area contributed by atoms with Crippen LogP contribution in [0.3, 0.4) is 0 Å². The maximum absolute atomic E-state index is 11.2. The minimum Gasteiger partial charge on any atom is -0.489 e. The summed E-state index contributed by atoms with van der Waals surface area (Å²) >= 11 is 0. The smallest absolute Gasteiger partial charge is 0.140 e. The molecule has 0 fully saturated rings. The molecule has 0 aliphatic heterocycles. The molecule has 0 aliphatic rings. The van der Waals surface area contributed by atoms with E-state index >= 15 is 0 Å². The van der Waals surface area contributed by atoms with E-state index in [0.717, 1.165) is 39.4 Å². The summed E-state index contributed by atoms with van der Waals surface area (Å²) in [5.74, 6) is 1.56. The number of rotatable bonds is 12. The topological polar surface area (TPSA) is 83.9 Å². The maximum atomic E-state index is 11.2. The second-order valence-corrected chi connectivity index (χ2v) is 9.85. The predicted molar refractivity (Wildman–Crippen MR) is 149 cm³/mol. The molecule has 3 aromatic carbocycles. The van der Waals surface area contributed by atoms with Gasteiger partial charge in [-0.25, -0.2) is 0 Å². The van der Waals surface area contributed by atoms with Crippen LogP contribution >= 0.6 is 0 Å². The Kier molecular flexibility index (Phi) is 8.08. The highest BCUT2D eigenvalue weighted by atomic mass is 16.5. The van der Waals surface area contributed by atoms with Gasteiger partial charge in [-0.3, -0.25) is 4.90 Å². The van der Waals surface area contributed by atoms with Crippen LogP contribution in [0.1, 0.15) is 29.0 Å². The average Bonchev–Trinajstić information content (AvgIpc) is 3.43. The van der Waals surface area contributed by atoms with Gasteiger partial charge in [-0.2, -0.15) is 0 Å². The summed E-state index contributed by atoms with van der Waals surface area (Å²) < 4.78 is 13.4. The number of aromatic nitrogens is 2. The van der Waals surface area contributed by atoms with E-state index in [1.165, 1.54) is 10.8 Å². The first-order valence-corrected chi connectivity index (χ1v) is 13.1. The van der Waals surface area contributed by atoms with E-state index < -0.39 is 6.10 Å². The quantitative estimate of drug-likeness (QED) is 0.238. The number of ether oxygens (including phenoxy) is 1. The summed E-state index contributed by atoms with van der Waals surface area (Å²) in [5, 5.41) is 27.0. The zero-order chi connectivity index (χ0) is 26.5. The second-order valence-electron chi connectivity index (χ2n) is 9.85. The zero-order valence-corrected chi connectivity index (χ0v) is 22.0. The molecule has 2 N–H and O–H groups in total. The van der Waals surface area contributed by atoms with Gasteiger partial charge in [0.05, 0.1) is 23.9 Å². The Morgan fingerprint density at radius 2 is 1.61 bits per heavy atom. The summed E-state index contributed by atoms with van der Waals surface area (Å²) in [7, 11) is 0. The van der Waals surface area contributed by atoms with Gasteiger partial charge in [0.25, 0.3) is 0 Å². The highest BCUT2D eigenvalue weighted by Gasteiger charge is 2.17. The van der Waals surface area contributed by atoms with Gasteiger partial charge in [0.2, 0.25) is 0 Å². The third-order valence-corrected chi connectivity index (χ3v) is 7.07. The Hall–Kier alpha value is -3.65. The molecular weight excluding hydrogens is 478 g/mol. The lowest BCUT2D eigenvalue weighted by Gasteiger charge is -2.26. The standard InChI is InChI=1S/C31H35N3O4/c1-22-29(23(2)38-32-22)21-37-26-14-12-24(13-15-26)18-33(16-7-17-35)19-25(36)20-34-30-10-5-3-8-27(30)28-9-4-6-11-31(28)34/h3-6,8-15,25,35-36H,7,16-21H2,1-2H3. The van der Waals surface area contributed by atoms with Crippen molar-refractivity contribution in [3.05, 3.63) is 95.4 Å². The molecule has 0 saturated carbocycles. The molecule has 7 heteroatoms. The van der Waals surface area contributed by atoms with Crippen molar-refractivity contribution in [1.29, 1.82) is 0 Å². The van der Waals surface area contributed by atoms with Crippen molar-refractivity contribution < 1.29 is 19.5 Å². The van der Waals surface area contributed by atoms with Crippen LogP contribution in [-0.4, -0.2) is 50.6 Å². The number of para-hydroxylation sites is 2. The molecule has 0 amide bonds. The first-order chi connectivity index (χ1) is 18.5. The molecule has 2 aromatic heterocycles. The van der Waals surface area contributed by atoms with Crippen molar-refractivity contribution in [3.63, 3.8) is 0 Å². The van der Waals surface area contributed by atoms with Crippen LogP contribution in [0.4, 0.5) is 0 Å². The zero-order valence-electron chi connectivity index (χ0n) is 22.0. The van der Waals surface area contributed by atoms with E-state index in [1.807, 2.05) is 50.2 Å². The number of hydrogen-bond donors (Lipinski definition) is 2. The van der Waals surface area contributed by atoms with Gasteiger partial charge in [-0.1, -0.05) is 53.7 Å². The van der Waals surface area contributed by atoms with Crippen molar-refractivity contribution in [2.75, 3.05) is 19.7 Å². The van der Waals surface area contributed by atoms with Crippen molar-refractivity contribution in [2.45, 2.75) is 46.1 Å². The molecule has 0 spiro atoms. The van der Waals surface area contributed by atoms with Gasteiger partial charge in [0, 0.05) is 48.0 Å². The SMILES string of the molecule is Cc1noc(C)c1COc1ccc(CN(CCCO)CC(O)Cn2c3ccccc3c3ccccc32)cc1. The van der Waals surface area contributed by atoms with Crippen molar-refractivity contribution >= 4 is 21.8 Å². The monoisotopic (exact) mass is 513 g/mol. The van der Waals surface area contributed by atoms with Crippen LogP contribution in [0.5, 0.6) is 5.75 Å². The number of hydrogen-bond acceptors (Lipinski definition) is 6. The third-order valence-electron chi connectivity index (χ3n) is 7.07. The van der Waals surface area contributed by atoms with Crippen LogP contribution in [0.15, 0.2) is 77.3 Å². The third kappa shape index (κ3) is 5.75. The van der Waals surface area contributed by atoms with Crippen LogP contribution in [0.25, 0.3) is 21.8 Å². The molecule has 5 aromatic rings. The molecule has 0 bridgehead atoms. The van der Waals surface area contributed by atoms with E-state index in [1.54, 1.807) is 0 Å². The average molecular weight is 514 g/mol. The molecule has 0 aliphatic carbocycles. The Morgan fingerprint density at radius 1 is 0.947 bits per heavy atom. The fraction of sp³-hybridized carbons (Fsp3) is 0.323. The molecular formula is C31H35N3O4. The van der Waals surface area contributed by atoms with Gasteiger partial charge in [-0.15, -0.1) is 0 Å². The molecule has 1 unspecified atom stereocenters. The number of fused-ring (bicyclic) bond motifs is 3. The van der Waals surface area contributed by atoms with Crippen LogP contribution in [0.2, 0.25) is 0 Å². The normalized spacial score (nSPS) is 12.6. The largest absolute Gasteiger partial charge is 0.489 e.